The van der Waals surface area contributed by atoms with Gasteiger partial charge in [-0.2, -0.15) is 10.1 Å². The van der Waals surface area contributed by atoms with E-state index >= 15 is 0 Å². The van der Waals surface area contributed by atoms with Gasteiger partial charge in [0.2, 0.25) is 5.95 Å². The first-order chi connectivity index (χ1) is 13.2. The summed E-state index contributed by atoms with van der Waals surface area (Å²) in [5.74, 6) is 0.949. The number of anilines is 2. The number of pyridine rings is 1. The standard InChI is InChI=1S/C19H20N8/c20-10-9-14(12-5-2-1-3-6-12)23-16-8-4-7-15(24-16)17-13-11-22-19(21)25-18(13)27-26-17/h1-8,11,14H,9-10,20H2,(H,23,24)(H3,21,22,25,26,27). The van der Waals surface area contributed by atoms with Crippen LogP contribution in [0.3, 0.4) is 0 Å². The van der Waals surface area contributed by atoms with E-state index in [-0.39, 0.29) is 12.0 Å². The van der Waals surface area contributed by atoms with Crippen LogP contribution in [0.5, 0.6) is 0 Å². The maximum absolute atomic E-state index is 5.80. The summed E-state index contributed by atoms with van der Waals surface area (Å²) in [7, 11) is 0. The largest absolute Gasteiger partial charge is 0.368 e. The summed E-state index contributed by atoms with van der Waals surface area (Å²) in [6, 6.07) is 16.1. The summed E-state index contributed by atoms with van der Waals surface area (Å²) in [4.78, 5) is 12.9. The number of H-pyrrole nitrogens is 1. The number of hydrogen-bond acceptors (Lipinski definition) is 7. The number of fused-ring (bicyclic) bond motifs is 1. The molecule has 1 atom stereocenters. The van der Waals surface area contributed by atoms with E-state index in [9.17, 15) is 0 Å². The first kappa shape index (κ1) is 16.9. The van der Waals surface area contributed by atoms with Crippen LogP contribution in [0, 0.1) is 0 Å². The van der Waals surface area contributed by atoms with Crippen molar-refractivity contribution in [2.45, 2.75) is 12.5 Å². The quantitative estimate of drug-likeness (QED) is 0.415. The molecule has 3 heterocycles. The van der Waals surface area contributed by atoms with Crippen LogP contribution in [0.1, 0.15) is 18.0 Å². The third kappa shape index (κ3) is 3.56. The molecule has 0 saturated heterocycles. The van der Waals surface area contributed by atoms with Crippen LogP contribution >= 0.6 is 0 Å². The molecule has 4 rings (SSSR count). The van der Waals surface area contributed by atoms with Crippen molar-refractivity contribution in [2.24, 2.45) is 5.73 Å². The molecule has 1 aromatic carbocycles. The minimum Gasteiger partial charge on any atom is -0.368 e. The summed E-state index contributed by atoms with van der Waals surface area (Å²) in [5, 5.41) is 11.4. The van der Waals surface area contributed by atoms with Gasteiger partial charge in [-0.3, -0.25) is 5.10 Å². The predicted molar refractivity (Wildman–Crippen MR) is 106 cm³/mol. The molecule has 0 saturated carbocycles. The zero-order valence-electron chi connectivity index (χ0n) is 14.6. The van der Waals surface area contributed by atoms with Gasteiger partial charge in [0.15, 0.2) is 5.65 Å². The lowest BCUT2D eigenvalue weighted by Gasteiger charge is -2.19. The molecule has 0 amide bonds. The average molecular weight is 360 g/mol. The van der Waals surface area contributed by atoms with Crippen molar-refractivity contribution in [1.82, 2.24) is 25.1 Å². The number of nitrogens with two attached hydrogens (primary N) is 2. The lowest BCUT2D eigenvalue weighted by molar-refractivity contribution is 0.700. The second kappa shape index (κ2) is 7.38. The minimum absolute atomic E-state index is 0.0839. The summed E-state index contributed by atoms with van der Waals surface area (Å²) in [6.45, 7) is 0.580. The second-order valence-corrected chi connectivity index (χ2v) is 6.16. The van der Waals surface area contributed by atoms with Crippen molar-refractivity contribution >= 4 is 22.8 Å². The lowest BCUT2D eigenvalue weighted by Crippen LogP contribution is -2.16. The molecule has 3 aromatic heterocycles. The first-order valence-corrected chi connectivity index (χ1v) is 8.70. The second-order valence-electron chi connectivity index (χ2n) is 6.16. The Bertz CT molecular complexity index is 1040. The van der Waals surface area contributed by atoms with E-state index in [0.29, 0.717) is 12.2 Å². The van der Waals surface area contributed by atoms with E-state index in [1.807, 2.05) is 36.4 Å². The molecule has 27 heavy (non-hydrogen) atoms. The van der Waals surface area contributed by atoms with E-state index in [2.05, 4.69) is 37.6 Å². The smallest absolute Gasteiger partial charge is 0.222 e. The zero-order chi connectivity index (χ0) is 18.6. The number of hydrogen-bond donors (Lipinski definition) is 4. The fourth-order valence-corrected chi connectivity index (χ4v) is 3.02. The molecular weight excluding hydrogens is 340 g/mol. The lowest BCUT2D eigenvalue weighted by atomic mass is 10.0. The summed E-state index contributed by atoms with van der Waals surface area (Å²) < 4.78 is 0. The Morgan fingerprint density at radius 1 is 1.04 bits per heavy atom. The van der Waals surface area contributed by atoms with Crippen molar-refractivity contribution < 1.29 is 0 Å². The van der Waals surface area contributed by atoms with E-state index in [1.54, 1.807) is 6.20 Å². The highest BCUT2D eigenvalue weighted by atomic mass is 15.2. The Balaban J connectivity index is 1.65. The SMILES string of the molecule is NCCC(Nc1cccc(-c2[nH]nc3nc(N)ncc23)n1)c1ccccc1. The monoisotopic (exact) mass is 360 g/mol. The number of benzene rings is 1. The third-order valence-corrected chi connectivity index (χ3v) is 4.31. The molecule has 0 bridgehead atoms. The molecule has 0 fully saturated rings. The molecule has 8 nitrogen and oxygen atoms in total. The van der Waals surface area contributed by atoms with Crippen LogP contribution in [0.25, 0.3) is 22.4 Å². The molecule has 8 heteroatoms. The zero-order valence-corrected chi connectivity index (χ0v) is 14.6. The van der Waals surface area contributed by atoms with Gasteiger partial charge in [0.05, 0.1) is 22.8 Å². The van der Waals surface area contributed by atoms with Crippen LogP contribution in [-0.4, -0.2) is 31.7 Å². The average Bonchev–Trinajstić information content (AvgIpc) is 3.11. The van der Waals surface area contributed by atoms with E-state index < -0.39 is 0 Å². The number of aromatic amines is 1. The Labute approximate surface area is 156 Å². The number of rotatable bonds is 6. The summed E-state index contributed by atoms with van der Waals surface area (Å²) in [6.07, 6.45) is 2.45. The molecule has 0 aliphatic heterocycles. The molecule has 4 aromatic rings. The van der Waals surface area contributed by atoms with Crippen molar-refractivity contribution in [1.29, 1.82) is 0 Å². The van der Waals surface area contributed by atoms with Gasteiger partial charge in [-0.15, -0.1) is 0 Å². The maximum Gasteiger partial charge on any atom is 0.222 e. The summed E-state index contributed by atoms with van der Waals surface area (Å²) in [5.41, 5.74) is 14.6. The van der Waals surface area contributed by atoms with Crippen molar-refractivity contribution in [3.05, 3.63) is 60.3 Å². The minimum atomic E-state index is 0.0839. The molecular formula is C19H20N8. The summed E-state index contributed by atoms with van der Waals surface area (Å²) >= 11 is 0. The van der Waals surface area contributed by atoms with Gasteiger partial charge in [0.25, 0.3) is 0 Å². The Morgan fingerprint density at radius 2 is 1.89 bits per heavy atom. The van der Waals surface area contributed by atoms with Crippen LogP contribution in [0.4, 0.5) is 11.8 Å². The molecule has 0 aliphatic rings. The molecule has 136 valence electrons. The van der Waals surface area contributed by atoms with Crippen LogP contribution in [0.2, 0.25) is 0 Å². The maximum atomic E-state index is 5.80. The molecule has 6 N–H and O–H groups in total. The predicted octanol–water partition coefficient (Wildman–Crippen LogP) is 2.50. The van der Waals surface area contributed by atoms with Gasteiger partial charge in [-0.1, -0.05) is 36.4 Å². The Morgan fingerprint density at radius 3 is 2.70 bits per heavy atom. The van der Waals surface area contributed by atoms with Crippen LogP contribution in [-0.2, 0) is 0 Å². The first-order valence-electron chi connectivity index (χ1n) is 8.70. The molecule has 0 spiro atoms. The van der Waals surface area contributed by atoms with Crippen LogP contribution < -0.4 is 16.8 Å². The highest BCUT2D eigenvalue weighted by Crippen LogP contribution is 2.26. The van der Waals surface area contributed by atoms with Gasteiger partial charge in [-0.05, 0) is 30.7 Å². The van der Waals surface area contributed by atoms with Gasteiger partial charge >= 0.3 is 0 Å². The number of nitrogens with zero attached hydrogens (tertiary/aromatic N) is 4. The normalized spacial score (nSPS) is 12.2. The van der Waals surface area contributed by atoms with Gasteiger partial charge < -0.3 is 16.8 Å². The van der Waals surface area contributed by atoms with E-state index in [1.165, 1.54) is 5.56 Å². The number of aromatic nitrogens is 5. The highest BCUT2D eigenvalue weighted by molar-refractivity contribution is 5.89. The molecule has 0 radical (unpaired) electrons. The van der Waals surface area contributed by atoms with Crippen molar-refractivity contribution in [2.75, 3.05) is 17.6 Å². The van der Waals surface area contributed by atoms with Gasteiger partial charge in [-0.25, -0.2) is 9.97 Å². The van der Waals surface area contributed by atoms with Crippen LogP contribution in [0.15, 0.2) is 54.7 Å². The number of nitrogen functional groups attached to an aromatic ring is 1. The molecule has 0 aliphatic carbocycles. The Hall–Kier alpha value is -3.52. The van der Waals surface area contributed by atoms with Crippen molar-refractivity contribution in [3.8, 4) is 11.4 Å². The van der Waals surface area contributed by atoms with Gasteiger partial charge in [0.1, 0.15) is 5.82 Å². The van der Waals surface area contributed by atoms with E-state index in [0.717, 1.165) is 29.0 Å². The number of nitrogens with one attached hydrogen (secondary N) is 2. The van der Waals surface area contributed by atoms with Gasteiger partial charge in [0, 0.05) is 6.20 Å². The fourth-order valence-electron chi connectivity index (χ4n) is 3.02. The molecule has 1 unspecified atom stereocenters. The van der Waals surface area contributed by atoms with Crippen molar-refractivity contribution in [3.63, 3.8) is 0 Å². The van der Waals surface area contributed by atoms with E-state index in [4.69, 9.17) is 16.5 Å². The third-order valence-electron chi connectivity index (χ3n) is 4.31. The fraction of sp³-hybridized carbons (Fsp3) is 0.158. The highest BCUT2D eigenvalue weighted by Gasteiger charge is 2.14. The Kier molecular flexibility index (Phi) is 4.63. The topological polar surface area (TPSA) is 131 Å².